The molecule has 0 amide bonds. The fourth-order valence-corrected chi connectivity index (χ4v) is 1.74. The molecule has 2 rings (SSSR count). The Morgan fingerprint density at radius 2 is 1.95 bits per heavy atom. The number of nitrogen functional groups attached to an aromatic ring is 1. The van der Waals surface area contributed by atoms with Crippen molar-refractivity contribution in [3.8, 4) is 0 Å². The maximum atomic E-state index is 5.52. The Labute approximate surface area is 114 Å². The van der Waals surface area contributed by atoms with Gasteiger partial charge < -0.3 is 15.5 Å². The summed E-state index contributed by atoms with van der Waals surface area (Å²) >= 11 is 0. The standard InChI is InChI=1S/C13H23N5O/c1-8-10(15-7-13(2,3)19-4)16-12(9-5-6-9)17-11(8)18-14/h9H,5-7,14H2,1-4H3,(H2,15,16,17,18). The van der Waals surface area contributed by atoms with E-state index in [1.807, 2.05) is 20.8 Å². The van der Waals surface area contributed by atoms with E-state index in [4.69, 9.17) is 10.6 Å². The van der Waals surface area contributed by atoms with Gasteiger partial charge in [0.25, 0.3) is 0 Å². The predicted octanol–water partition coefficient (Wildman–Crippen LogP) is 1.78. The van der Waals surface area contributed by atoms with Crippen molar-refractivity contribution in [3.63, 3.8) is 0 Å². The summed E-state index contributed by atoms with van der Waals surface area (Å²) < 4.78 is 5.40. The number of nitrogens with zero attached hydrogens (tertiary/aromatic N) is 2. The Balaban J connectivity index is 2.20. The van der Waals surface area contributed by atoms with Crippen molar-refractivity contribution in [1.29, 1.82) is 0 Å². The Kier molecular flexibility index (Phi) is 3.91. The van der Waals surface area contributed by atoms with Gasteiger partial charge in [0, 0.05) is 25.1 Å². The van der Waals surface area contributed by atoms with Gasteiger partial charge in [-0.15, -0.1) is 0 Å². The van der Waals surface area contributed by atoms with Crippen LogP contribution >= 0.6 is 0 Å². The monoisotopic (exact) mass is 265 g/mol. The molecule has 0 aliphatic heterocycles. The van der Waals surface area contributed by atoms with Crippen LogP contribution in [-0.2, 0) is 4.74 Å². The molecule has 1 saturated carbocycles. The van der Waals surface area contributed by atoms with E-state index in [-0.39, 0.29) is 5.60 Å². The average molecular weight is 265 g/mol. The molecule has 1 aromatic rings. The van der Waals surface area contributed by atoms with Gasteiger partial charge in [-0.25, -0.2) is 15.8 Å². The number of hydrogen-bond acceptors (Lipinski definition) is 6. The maximum Gasteiger partial charge on any atom is 0.148 e. The molecule has 0 aromatic carbocycles. The molecule has 0 unspecified atom stereocenters. The highest BCUT2D eigenvalue weighted by Gasteiger charge is 2.28. The molecule has 0 saturated heterocycles. The van der Waals surface area contributed by atoms with Crippen LogP contribution in [-0.4, -0.2) is 29.2 Å². The van der Waals surface area contributed by atoms with Crippen LogP contribution in [0.15, 0.2) is 0 Å². The Morgan fingerprint density at radius 1 is 1.32 bits per heavy atom. The minimum absolute atomic E-state index is 0.243. The zero-order chi connectivity index (χ0) is 14.0. The van der Waals surface area contributed by atoms with Gasteiger partial charge in [0.2, 0.25) is 0 Å². The van der Waals surface area contributed by atoms with Crippen LogP contribution in [0.2, 0.25) is 0 Å². The lowest BCUT2D eigenvalue weighted by molar-refractivity contribution is 0.0343. The van der Waals surface area contributed by atoms with Gasteiger partial charge in [0.1, 0.15) is 17.5 Å². The molecule has 1 aromatic heterocycles. The third-order valence-electron chi connectivity index (χ3n) is 3.48. The van der Waals surface area contributed by atoms with Crippen molar-refractivity contribution in [3.05, 3.63) is 11.4 Å². The number of hydrazine groups is 1. The van der Waals surface area contributed by atoms with E-state index in [2.05, 4.69) is 20.7 Å². The molecule has 1 fully saturated rings. The fourth-order valence-electron chi connectivity index (χ4n) is 1.74. The molecule has 0 atom stereocenters. The number of nitrogens with two attached hydrogens (primary N) is 1. The topological polar surface area (TPSA) is 85.1 Å². The highest BCUT2D eigenvalue weighted by atomic mass is 16.5. The smallest absolute Gasteiger partial charge is 0.148 e. The predicted molar refractivity (Wildman–Crippen MR) is 76.1 cm³/mol. The van der Waals surface area contributed by atoms with Crippen molar-refractivity contribution in [2.45, 2.75) is 45.1 Å². The second-order valence-electron chi connectivity index (χ2n) is 5.64. The third kappa shape index (κ3) is 3.33. The molecule has 0 bridgehead atoms. The molecule has 106 valence electrons. The van der Waals surface area contributed by atoms with E-state index < -0.39 is 0 Å². The Morgan fingerprint density at radius 3 is 2.47 bits per heavy atom. The highest BCUT2D eigenvalue weighted by Crippen LogP contribution is 2.39. The molecular formula is C13H23N5O. The summed E-state index contributed by atoms with van der Waals surface area (Å²) in [5.41, 5.74) is 3.33. The van der Waals surface area contributed by atoms with E-state index >= 15 is 0 Å². The molecular weight excluding hydrogens is 242 g/mol. The first kappa shape index (κ1) is 14.0. The van der Waals surface area contributed by atoms with Gasteiger partial charge in [-0.3, -0.25) is 0 Å². The molecule has 0 spiro atoms. The number of methoxy groups -OCH3 is 1. The Bertz CT molecular complexity index is 457. The van der Waals surface area contributed by atoms with Gasteiger partial charge in [-0.1, -0.05) is 0 Å². The summed E-state index contributed by atoms with van der Waals surface area (Å²) in [6.45, 7) is 6.68. The van der Waals surface area contributed by atoms with E-state index in [9.17, 15) is 0 Å². The maximum absolute atomic E-state index is 5.52. The zero-order valence-corrected chi connectivity index (χ0v) is 12.1. The lowest BCUT2D eigenvalue weighted by Crippen LogP contribution is -2.32. The molecule has 4 N–H and O–H groups in total. The largest absolute Gasteiger partial charge is 0.377 e. The van der Waals surface area contributed by atoms with Crippen LogP contribution in [0.1, 0.15) is 44.0 Å². The first-order valence-electron chi connectivity index (χ1n) is 6.61. The highest BCUT2D eigenvalue weighted by molar-refractivity contribution is 5.57. The number of nitrogens with one attached hydrogen (secondary N) is 2. The van der Waals surface area contributed by atoms with Crippen LogP contribution in [0.5, 0.6) is 0 Å². The molecule has 1 heterocycles. The van der Waals surface area contributed by atoms with E-state index in [0.717, 1.165) is 30.0 Å². The van der Waals surface area contributed by atoms with E-state index in [1.165, 1.54) is 0 Å². The van der Waals surface area contributed by atoms with Gasteiger partial charge in [-0.05, 0) is 33.6 Å². The average Bonchev–Trinajstić information content (AvgIpc) is 3.22. The van der Waals surface area contributed by atoms with E-state index in [1.54, 1.807) is 7.11 Å². The van der Waals surface area contributed by atoms with Crippen LogP contribution in [0.3, 0.4) is 0 Å². The molecule has 19 heavy (non-hydrogen) atoms. The summed E-state index contributed by atoms with van der Waals surface area (Å²) in [5, 5.41) is 3.33. The molecule has 6 heteroatoms. The second kappa shape index (κ2) is 5.30. The van der Waals surface area contributed by atoms with Crippen molar-refractivity contribution in [2.24, 2.45) is 5.84 Å². The number of aromatic nitrogens is 2. The normalized spacial score (nSPS) is 15.4. The molecule has 6 nitrogen and oxygen atoms in total. The van der Waals surface area contributed by atoms with Crippen molar-refractivity contribution >= 4 is 11.6 Å². The zero-order valence-electron chi connectivity index (χ0n) is 12.1. The summed E-state index contributed by atoms with van der Waals surface area (Å²) in [7, 11) is 1.71. The lowest BCUT2D eigenvalue weighted by Gasteiger charge is -2.24. The van der Waals surface area contributed by atoms with Gasteiger partial charge in [0.05, 0.1) is 5.60 Å². The summed E-state index contributed by atoms with van der Waals surface area (Å²) in [6, 6.07) is 0. The van der Waals surface area contributed by atoms with Crippen molar-refractivity contribution < 1.29 is 4.74 Å². The first-order valence-corrected chi connectivity index (χ1v) is 6.61. The number of anilines is 2. The van der Waals surface area contributed by atoms with Gasteiger partial charge in [-0.2, -0.15) is 0 Å². The minimum Gasteiger partial charge on any atom is -0.377 e. The van der Waals surface area contributed by atoms with Crippen molar-refractivity contribution in [2.75, 3.05) is 24.4 Å². The molecule has 0 radical (unpaired) electrons. The number of ether oxygens (including phenoxy) is 1. The molecule has 1 aliphatic carbocycles. The summed E-state index contributed by atoms with van der Waals surface area (Å²) in [6.07, 6.45) is 2.33. The number of rotatable bonds is 6. The summed E-state index contributed by atoms with van der Waals surface area (Å²) in [4.78, 5) is 9.07. The minimum atomic E-state index is -0.243. The van der Waals surface area contributed by atoms with Crippen LogP contribution < -0.4 is 16.6 Å². The third-order valence-corrected chi connectivity index (χ3v) is 3.48. The van der Waals surface area contributed by atoms with Gasteiger partial charge in [0.15, 0.2) is 0 Å². The first-order chi connectivity index (χ1) is 8.96. The van der Waals surface area contributed by atoms with Crippen LogP contribution in [0.4, 0.5) is 11.6 Å². The van der Waals surface area contributed by atoms with Gasteiger partial charge >= 0.3 is 0 Å². The number of hydrogen-bond donors (Lipinski definition) is 3. The lowest BCUT2D eigenvalue weighted by atomic mass is 10.1. The molecule has 1 aliphatic rings. The SMILES string of the molecule is COC(C)(C)CNc1nc(C2CC2)nc(NN)c1C. The van der Waals surface area contributed by atoms with Crippen molar-refractivity contribution in [1.82, 2.24) is 9.97 Å². The fraction of sp³-hybridized carbons (Fsp3) is 0.692. The van der Waals surface area contributed by atoms with Crippen LogP contribution in [0, 0.1) is 6.92 Å². The summed E-state index contributed by atoms with van der Waals surface area (Å²) in [5.74, 6) is 8.40. The Hall–Kier alpha value is -1.40. The van der Waals surface area contributed by atoms with Crippen LogP contribution in [0.25, 0.3) is 0 Å². The van der Waals surface area contributed by atoms with E-state index in [0.29, 0.717) is 18.3 Å². The quantitative estimate of drug-likeness (QED) is 0.537. The second-order valence-corrected chi connectivity index (χ2v) is 5.64.